The Kier molecular flexibility index (Phi) is 9.40. The fourth-order valence-corrected chi connectivity index (χ4v) is 3.81. The van der Waals surface area contributed by atoms with Gasteiger partial charge in [-0.1, -0.05) is 81.4 Å². The number of hydrogen-bond acceptors (Lipinski definition) is 5. The summed E-state index contributed by atoms with van der Waals surface area (Å²) in [6.45, 7) is 5.84. The number of benzene rings is 2. The standard InChI is InChI=1S/C25H36N4O4/c1-25(2,3)22(28(4)24(32)33)23(31)27-29(16-19-13-9-6-10-14-19)17-21(30)20(26)15-18-11-7-5-8-12-18/h5-14,20-22,30H,15-17,26H2,1-4H3,(H,27,31)(H,32,33)/t20-,21-,22+/m0/s1. The first-order chi connectivity index (χ1) is 15.5. The van der Waals surface area contributed by atoms with Gasteiger partial charge in [0.15, 0.2) is 0 Å². The van der Waals surface area contributed by atoms with Gasteiger partial charge in [0, 0.05) is 26.2 Å². The van der Waals surface area contributed by atoms with Gasteiger partial charge >= 0.3 is 6.09 Å². The van der Waals surface area contributed by atoms with E-state index in [-0.39, 0.29) is 6.54 Å². The molecular weight excluding hydrogens is 420 g/mol. The van der Waals surface area contributed by atoms with Crippen LogP contribution < -0.4 is 11.2 Å². The summed E-state index contributed by atoms with van der Waals surface area (Å²) in [4.78, 5) is 25.8. The predicted octanol–water partition coefficient (Wildman–Crippen LogP) is 2.48. The Morgan fingerprint density at radius 1 is 1.00 bits per heavy atom. The summed E-state index contributed by atoms with van der Waals surface area (Å²) in [5.74, 6) is -0.466. The smallest absolute Gasteiger partial charge is 0.407 e. The van der Waals surface area contributed by atoms with E-state index in [1.807, 2.05) is 81.4 Å². The van der Waals surface area contributed by atoms with Crippen LogP contribution in [0.25, 0.3) is 0 Å². The second kappa shape index (κ2) is 11.8. The maximum absolute atomic E-state index is 13.2. The second-order valence-electron chi connectivity index (χ2n) is 9.43. The molecule has 0 unspecified atom stereocenters. The zero-order valence-electron chi connectivity index (χ0n) is 19.8. The Labute approximate surface area is 196 Å². The van der Waals surface area contributed by atoms with Gasteiger partial charge in [-0.05, 0) is 23.0 Å². The summed E-state index contributed by atoms with van der Waals surface area (Å²) < 4.78 is 0. The van der Waals surface area contributed by atoms with Crippen LogP contribution >= 0.6 is 0 Å². The van der Waals surface area contributed by atoms with Crippen molar-refractivity contribution >= 4 is 12.0 Å². The van der Waals surface area contributed by atoms with Crippen LogP contribution in [0.5, 0.6) is 0 Å². The van der Waals surface area contributed by atoms with Gasteiger partial charge < -0.3 is 15.9 Å². The van der Waals surface area contributed by atoms with Crippen LogP contribution in [0.15, 0.2) is 60.7 Å². The average Bonchev–Trinajstić information content (AvgIpc) is 2.74. The zero-order valence-corrected chi connectivity index (χ0v) is 19.8. The summed E-state index contributed by atoms with van der Waals surface area (Å²) in [5.41, 5.74) is 10.4. The molecule has 2 rings (SSSR count). The lowest BCUT2D eigenvalue weighted by atomic mass is 9.85. The Hall–Kier alpha value is -2.94. The molecule has 0 fully saturated rings. The molecule has 8 heteroatoms. The molecule has 0 aliphatic heterocycles. The fraction of sp³-hybridized carbons (Fsp3) is 0.440. The van der Waals surface area contributed by atoms with E-state index in [2.05, 4.69) is 5.43 Å². The van der Waals surface area contributed by atoms with Crippen molar-refractivity contribution in [3.8, 4) is 0 Å². The van der Waals surface area contributed by atoms with E-state index >= 15 is 0 Å². The van der Waals surface area contributed by atoms with Gasteiger partial charge in [-0.25, -0.2) is 9.80 Å². The van der Waals surface area contributed by atoms with E-state index in [1.165, 1.54) is 7.05 Å². The molecule has 0 aromatic heterocycles. The number of carboxylic acid groups (broad SMARTS) is 1. The molecule has 0 radical (unpaired) electrons. The molecule has 0 aliphatic carbocycles. The molecule has 0 heterocycles. The Morgan fingerprint density at radius 3 is 2.00 bits per heavy atom. The van der Waals surface area contributed by atoms with E-state index in [0.29, 0.717) is 13.0 Å². The Morgan fingerprint density at radius 2 is 1.52 bits per heavy atom. The molecular formula is C25H36N4O4. The van der Waals surface area contributed by atoms with Crippen molar-refractivity contribution in [3.05, 3.63) is 71.8 Å². The first kappa shape index (κ1) is 26.3. The molecule has 33 heavy (non-hydrogen) atoms. The zero-order chi connectivity index (χ0) is 24.6. The Bertz CT molecular complexity index is 886. The van der Waals surface area contributed by atoms with Crippen molar-refractivity contribution in [1.29, 1.82) is 0 Å². The maximum Gasteiger partial charge on any atom is 0.407 e. The van der Waals surface area contributed by atoms with Crippen LogP contribution in [0.1, 0.15) is 31.9 Å². The highest BCUT2D eigenvalue weighted by atomic mass is 16.4. The third-order valence-corrected chi connectivity index (χ3v) is 5.46. The van der Waals surface area contributed by atoms with Crippen molar-refractivity contribution in [2.75, 3.05) is 13.6 Å². The molecule has 3 atom stereocenters. The number of carbonyl (C=O) groups is 2. The molecule has 0 saturated heterocycles. The van der Waals surface area contributed by atoms with Gasteiger partial charge in [-0.3, -0.25) is 15.1 Å². The third-order valence-electron chi connectivity index (χ3n) is 5.46. The average molecular weight is 457 g/mol. The number of nitrogens with two attached hydrogens (primary N) is 1. The highest BCUT2D eigenvalue weighted by Gasteiger charge is 2.38. The summed E-state index contributed by atoms with van der Waals surface area (Å²) in [5, 5.41) is 21.9. The molecule has 2 aromatic carbocycles. The molecule has 0 saturated carbocycles. The molecule has 2 aromatic rings. The SMILES string of the molecule is CN(C(=O)O)[C@H](C(=O)NN(Cc1ccccc1)C[C@H](O)[C@@H](N)Cc1ccccc1)C(C)(C)C. The van der Waals surface area contributed by atoms with Crippen LogP contribution in [0, 0.1) is 5.41 Å². The van der Waals surface area contributed by atoms with Gasteiger partial charge in [0.2, 0.25) is 0 Å². The van der Waals surface area contributed by atoms with Crippen molar-refractivity contribution in [2.24, 2.45) is 11.1 Å². The number of likely N-dealkylation sites (N-methyl/N-ethyl adjacent to an activating group) is 1. The lowest BCUT2D eigenvalue weighted by molar-refractivity contribution is -0.135. The van der Waals surface area contributed by atoms with Gasteiger partial charge in [-0.2, -0.15) is 0 Å². The highest BCUT2D eigenvalue weighted by molar-refractivity contribution is 5.85. The second-order valence-corrected chi connectivity index (χ2v) is 9.43. The molecule has 5 N–H and O–H groups in total. The molecule has 0 aliphatic rings. The fourth-order valence-electron chi connectivity index (χ4n) is 3.81. The normalized spacial score (nSPS) is 14.4. The number of hydrazine groups is 1. The van der Waals surface area contributed by atoms with Crippen molar-refractivity contribution in [3.63, 3.8) is 0 Å². The minimum absolute atomic E-state index is 0.0856. The number of rotatable bonds is 10. The number of amides is 2. The number of nitrogens with one attached hydrogen (secondary N) is 1. The lowest BCUT2D eigenvalue weighted by Gasteiger charge is -2.37. The van der Waals surface area contributed by atoms with E-state index in [1.54, 1.807) is 5.01 Å². The van der Waals surface area contributed by atoms with Crippen molar-refractivity contribution < 1.29 is 19.8 Å². The quantitative estimate of drug-likeness (QED) is 0.408. The lowest BCUT2D eigenvalue weighted by Crippen LogP contribution is -2.58. The van der Waals surface area contributed by atoms with Gasteiger partial charge in [0.05, 0.1) is 6.10 Å². The van der Waals surface area contributed by atoms with E-state index in [0.717, 1.165) is 16.0 Å². The highest BCUT2D eigenvalue weighted by Crippen LogP contribution is 2.24. The summed E-state index contributed by atoms with van der Waals surface area (Å²) in [6.07, 6.45) is -1.62. The first-order valence-electron chi connectivity index (χ1n) is 11.0. The Balaban J connectivity index is 2.18. The van der Waals surface area contributed by atoms with Gasteiger partial charge in [0.1, 0.15) is 6.04 Å². The van der Waals surface area contributed by atoms with Crippen LogP contribution in [-0.4, -0.2) is 63.9 Å². The number of carbonyl (C=O) groups excluding carboxylic acids is 1. The topological polar surface area (TPSA) is 119 Å². The van der Waals surface area contributed by atoms with Crippen LogP contribution in [-0.2, 0) is 17.8 Å². The predicted molar refractivity (Wildman–Crippen MR) is 128 cm³/mol. The number of aliphatic hydroxyl groups is 1. The van der Waals surface area contributed by atoms with Crippen LogP contribution in [0.2, 0.25) is 0 Å². The third kappa shape index (κ3) is 8.16. The number of hydrogen-bond donors (Lipinski definition) is 4. The first-order valence-corrected chi connectivity index (χ1v) is 11.0. The van der Waals surface area contributed by atoms with E-state index in [4.69, 9.17) is 5.73 Å². The van der Waals surface area contributed by atoms with Gasteiger partial charge in [-0.15, -0.1) is 0 Å². The molecule has 180 valence electrons. The van der Waals surface area contributed by atoms with Crippen LogP contribution in [0.4, 0.5) is 4.79 Å². The van der Waals surface area contributed by atoms with Crippen molar-refractivity contribution in [1.82, 2.24) is 15.3 Å². The van der Waals surface area contributed by atoms with E-state index < -0.39 is 35.6 Å². The summed E-state index contributed by atoms with van der Waals surface area (Å²) >= 11 is 0. The maximum atomic E-state index is 13.2. The number of nitrogens with zero attached hydrogens (tertiary/aromatic N) is 2. The number of aliphatic hydroxyl groups excluding tert-OH is 1. The van der Waals surface area contributed by atoms with Crippen molar-refractivity contribution in [2.45, 2.75) is 51.9 Å². The molecule has 0 spiro atoms. The van der Waals surface area contributed by atoms with Crippen LogP contribution in [0.3, 0.4) is 0 Å². The molecule has 2 amide bonds. The minimum atomic E-state index is -1.19. The largest absolute Gasteiger partial charge is 0.465 e. The van der Waals surface area contributed by atoms with Gasteiger partial charge in [0.25, 0.3) is 5.91 Å². The van der Waals surface area contributed by atoms with E-state index in [9.17, 15) is 19.8 Å². The monoisotopic (exact) mass is 456 g/mol. The molecule has 0 bridgehead atoms. The minimum Gasteiger partial charge on any atom is -0.465 e. The summed E-state index contributed by atoms with van der Waals surface area (Å²) in [6, 6.07) is 17.7. The summed E-state index contributed by atoms with van der Waals surface area (Å²) in [7, 11) is 1.38. The molecule has 8 nitrogen and oxygen atoms in total.